The van der Waals surface area contributed by atoms with Crippen molar-refractivity contribution in [3.63, 3.8) is 0 Å². The van der Waals surface area contributed by atoms with Crippen molar-refractivity contribution in [2.45, 2.75) is 39.7 Å². The van der Waals surface area contributed by atoms with Crippen LogP contribution < -0.4 is 5.73 Å². The first kappa shape index (κ1) is 13.0. The Morgan fingerprint density at radius 2 is 1.73 bits per heavy atom. The van der Waals surface area contributed by atoms with E-state index in [1.54, 1.807) is 0 Å². The van der Waals surface area contributed by atoms with Crippen LogP contribution >= 0.6 is 22.6 Å². The van der Waals surface area contributed by atoms with Gasteiger partial charge < -0.3 is 5.73 Å². The van der Waals surface area contributed by atoms with Gasteiger partial charge in [-0.3, -0.25) is 0 Å². The molecule has 2 heteroatoms. The fourth-order valence-electron chi connectivity index (χ4n) is 1.47. The minimum atomic E-state index is 0.182. The summed E-state index contributed by atoms with van der Waals surface area (Å²) in [7, 11) is 0. The molecule has 1 aromatic rings. The van der Waals surface area contributed by atoms with Gasteiger partial charge in [0.2, 0.25) is 0 Å². The van der Waals surface area contributed by atoms with Crippen molar-refractivity contribution in [2.75, 3.05) is 0 Å². The van der Waals surface area contributed by atoms with Gasteiger partial charge in [0.25, 0.3) is 0 Å². The van der Waals surface area contributed by atoms with E-state index in [2.05, 4.69) is 67.6 Å². The van der Waals surface area contributed by atoms with E-state index in [1.165, 1.54) is 15.6 Å². The van der Waals surface area contributed by atoms with Crippen molar-refractivity contribution in [3.8, 4) is 0 Å². The molecule has 0 bridgehead atoms. The molecule has 0 saturated heterocycles. The molecule has 15 heavy (non-hydrogen) atoms. The van der Waals surface area contributed by atoms with E-state index in [1.807, 2.05) is 0 Å². The lowest BCUT2D eigenvalue weighted by atomic mass is 9.87. The summed E-state index contributed by atoms with van der Waals surface area (Å²) in [5.74, 6) is 0. The molecule has 1 aromatic carbocycles. The van der Waals surface area contributed by atoms with Crippen LogP contribution in [-0.2, 0) is 0 Å². The quantitative estimate of drug-likeness (QED) is 0.834. The Bertz CT molecular complexity index is 297. The second kappa shape index (κ2) is 5.30. The van der Waals surface area contributed by atoms with Gasteiger partial charge >= 0.3 is 0 Å². The first-order chi connectivity index (χ1) is 6.88. The number of hydrogen-bond acceptors (Lipinski definition) is 1. The lowest BCUT2D eigenvalue weighted by molar-refractivity contribution is 0.350. The highest BCUT2D eigenvalue weighted by Gasteiger charge is 2.13. The zero-order valence-electron chi connectivity index (χ0n) is 9.76. The molecule has 1 unspecified atom stereocenters. The fourth-order valence-corrected chi connectivity index (χ4v) is 1.82. The molecule has 84 valence electrons. The van der Waals surface area contributed by atoms with Crippen LogP contribution in [0.5, 0.6) is 0 Å². The molecule has 0 amide bonds. The molecule has 0 saturated carbocycles. The molecule has 0 aliphatic heterocycles. The monoisotopic (exact) mass is 317 g/mol. The standard InChI is InChI=1S/C13H20IN/c1-13(2,3)9-8-12(15)10-4-6-11(14)7-5-10/h4-7,12H,8-9,15H2,1-3H3. The molecule has 0 aromatic heterocycles. The number of nitrogens with two attached hydrogens (primary N) is 1. The molecule has 1 rings (SSSR count). The van der Waals surface area contributed by atoms with Crippen LogP contribution in [0.25, 0.3) is 0 Å². The van der Waals surface area contributed by atoms with Crippen molar-refractivity contribution in [2.24, 2.45) is 11.1 Å². The lowest BCUT2D eigenvalue weighted by Gasteiger charge is -2.21. The first-order valence-corrected chi connectivity index (χ1v) is 6.47. The molecular weight excluding hydrogens is 297 g/mol. The van der Waals surface area contributed by atoms with Crippen LogP contribution in [0.15, 0.2) is 24.3 Å². The Kier molecular flexibility index (Phi) is 4.59. The average Bonchev–Trinajstić information content (AvgIpc) is 2.14. The van der Waals surface area contributed by atoms with E-state index in [-0.39, 0.29) is 6.04 Å². The number of rotatable bonds is 3. The number of benzene rings is 1. The predicted octanol–water partition coefficient (Wildman–Crippen LogP) is 4.12. The Morgan fingerprint density at radius 3 is 2.20 bits per heavy atom. The highest BCUT2D eigenvalue weighted by molar-refractivity contribution is 14.1. The zero-order valence-corrected chi connectivity index (χ0v) is 11.9. The largest absolute Gasteiger partial charge is 0.324 e. The van der Waals surface area contributed by atoms with Gasteiger partial charge in [0.1, 0.15) is 0 Å². The normalized spacial score (nSPS) is 13.9. The van der Waals surface area contributed by atoms with Crippen molar-refractivity contribution >= 4 is 22.6 Å². The Labute approximate surface area is 107 Å². The number of halogens is 1. The molecule has 0 fully saturated rings. The maximum atomic E-state index is 6.15. The summed E-state index contributed by atoms with van der Waals surface area (Å²) >= 11 is 2.31. The summed E-state index contributed by atoms with van der Waals surface area (Å²) in [6, 6.07) is 8.69. The maximum Gasteiger partial charge on any atom is 0.0295 e. The first-order valence-electron chi connectivity index (χ1n) is 5.39. The summed E-state index contributed by atoms with van der Waals surface area (Å²) in [5.41, 5.74) is 7.78. The molecule has 0 radical (unpaired) electrons. The summed E-state index contributed by atoms with van der Waals surface area (Å²) in [5, 5.41) is 0. The van der Waals surface area contributed by atoms with Crippen LogP contribution in [0.4, 0.5) is 0 Å². The van der Waals surface area contributed by atoms with E-state index >= 15 is 0 Å². The van der Waals surface area contributed by atoms with Gasteiger partial charge in [-0.1, -0.05) is 32.9 Å². The van der Waals surface area contributed by atoms with Crippen LogP contribution in [0.1, 0.15) is 45.2 Å². The van der Waals surface area contributed by atoms with E-state index in [4.69, 9.17) is 5.73 Å². The van der Waals surface area contributed by atoms with Gasteiger partial charge in [0.15, 0.2) is 0 Å². The number of hydrogen-bond donors (Lipinski definition) is 1. The topological polar surface area (TPSA) is 26.0 Å². The highest BCUT2D eigenvalue weighted by atomic mass is 127. The molecule has 1 nitrogen and oxygen atoms in total. The summed E-state index contributed by atoms with van der Waals surface area (Å²) in [4.78, 5) is 0. The summed E-state index contributed by atoms with van der Waals surface area (Å²) < 4.78 is 1.26. The predicted molar refractivity (Wildman–Crippen MR) is 74.8 cm³/mol. The molecule has 0 aliphatic rings. The van der Waals surface area contributed by atoms with Crippen molar-refractivity contribution in [1.29, 1.82) is 0 Å². The van der Waals surface area contributed by atoms with E-state index < -0.39 is 0 Å². The molecular formula is C13H20IN. The minimum Gasteiger partial charge on any atom is -0.324 e. The third-order valence-corrected chi connectivity index (χ3v) is 3.22. The third kappa shape index (κ3) is 4.98. The Hall–Kier alpha value is -0.0900. The van der Waals surface area contributed by atoms with Gasteiger partial charge in [0, 0.05) is 9.61 Å². The van der Waals surface area contributed by atoms with Crippen LogP contribution in [-0.4, -0.2) is 0 Å². The second-order valence-electron chi connectivity index (χ2n) is 5.26. The molecule has 0 spiro atoms. The van der Waals surface area contributed by atoms with Crippen molar-refractivity contribution in [1.82, 2.24) is 0 Å². The Balaban J connectivity index is 2.54. The third-order valence-electron chi connectivity index (χ3n) is 2.50. The fraction of sp³-hybridized carbons (Fsp3) is 0.538. The summed E-state index contributed by atoms with van der Waals surface area (Å²) in [6.45, 7) is 6.77. The van der Waals surface area contributed by atoms with Gasteiger partial charge in [-0.05, 0) is 58.5 Å². The molecule has 0 aliphatic carbocycles. The van der Waals surface area contributed by atoms with E-state index in [9.17, 15) is 0 Å². The lowest BCUT2D eigenvalue weighted by Crippen LogP contribution is -2.14. The van der Waals surface area contributed by atoms with Gasteiger partial charge in [-0.25, -0.2) is 0 Å². The minimum absolute atomic E-state index is 0.182. The highest BCUT2D eigenvalue weighted by Crippen LogP contribution is 2.26. The molecule has 1 atom stereocenters. The van der Waals surface area contributed by atoms with E-state index in [0.29, 0.717) is 5.41 Å². The maximum absolute atomic E-state index is 6.15. The van der Waals surface area contributed by atoms with E-state index in [0.717, 1.165) is 6.42 Å². The molecule has 2 N–H and O–H groups in total. The van der Waals surface area contributed by atoms with Crippen LogP contribution in [0.2, 0.25) is 0 Å². The molecule has 0 heterocycles. The smallest absolute Gasteiger partial charge is 0.0295 e. The van der Waals surface area contributed by atoms with Crippen LogP contribution in [0, 0.1) is 8.99 Å². The average molecular weight is 317 g/mol. The van der Waals surface area contributed by atoms with Crippen molar-refractivity contribution in [3.05, 3.63) is 33.4 Å². The Morgan fingerprint density at radius 1 is 1.20 bits per heavy atom. The SMILES string of the molecule is CC(C)(C)CCC(N)c1ccc(I)cc1. The summed E-state index contributed by atoms with van der Waals surface area (Å²) in [6.07, 6.45) is 2.23. The zero-order chi connectivity index (χ0) is 11.5. The van der Waals surface area contributed by atoms with Gasteiger partial charge in [-0.15, -0.1) is 0 Å². The van der Waals surface area contributed by atoms with Gasteiger partial charge in [-0.2, -0.15) is 0 Å². The van der Waals surface area contributed by atoms with Crippen molar-refractivity contribution < 1.29 is 0 Å². The van der Waals surface area contributed by atoms with Gasteiger partial charge in [0.05, 0.1) is 0 Å². The van der Waals surface area contributed by atoms with Crippen LogP contribution in [0.3, 0.4) is 0 Å². The second-order valence-corrected chi connectivity index (χ2v) is 6.50.